The molecule has 1 aromatic rings. The molecular weight excluding hydrogens is 262 g/mol. The molecular formula is C18H31NS. The molecule has 20 heavy (non-hydrogen) atoms. The summed E-state index contributed by atoms with van der Waals surface area (Å²) in [4.78, 5) is 1.60. The van der Waals surface area contributed by atoms with Crippen LogP contribution in [0.1, 0.15) is 63.8 Å². The molecule has 0 bridgehead atoms. The van der Waals surface area contributed by atoms with Gasteiger partial charge in [-0.25, -0.2) is 0 Å². The second kappa shape index (κ2) is 6.62. The molecule has 1 aliphatic rings. The molecule has 0 radical (unpaired) electrons. The maximum absolute atomic E-state index is 3.84. The quantitative estimate of drug-likeness (QED) is 0.792. The molecule has 1 fully saturated rings. The fraction of sp³-hybridized carbons (Fsp3) is 0.778. The topological polar surface area (TPSA) is 12.0 Å². The number of nitrogens with one attached hydrogen (secondary N) is 1. The molecule has 1 N–H and O–H groups in total. The molecule has 0 spiro atoms. The molecule has 0 aromatic carbocycles. The zero-order valence-electron chi connectivity index (χ0n) is 13.8. The molecule has 2 heteroatoms. The van der Waals surface area contributed by atoms with Crippen molar-refractivity contribution >= 4 is 11.3 Å². The van der Waals surface area contributed by atoms with Crippen molar-refractivity contribution in [3.63, 3.8) is 0 Å². The lowest BCUT2D eigenvalue weighted by Crippen LogP contribution is -2.48. The van der Waals surface area contributed by atoms with Gasteiger partial charge in [-0.15, -0.1) is 11.3 Å². The largest absolute Gasteiger partial charge is 0.314 e. The number of rotatable bonds is 5. The van der Waals surface area contributed by atoms with Crippen LogP contribution in [0, 0.1) is 18.8 Å². The van der Waals surface area contributed by atoms with E-state index < -0.39 is 0 Å². The lowest BCUT2D eigenvalue weighted by atomic mass is 9.65. The van der Waals surface area contributed by atoms with Crippen LogP contribution in [-0.4, -0.2) is 12.6 Å². The predicted molar refractivity (Wildman–Crippen MR) is 90.7 cm³/mol. The summed E-state index contributed by atoms with van der Waals surface area (Å²) in [6.07, 6.45) is 5.34. The molecule has 0 saturated heterocycles. The number of hydrogen-bond donors (Lipinski definition) is 1. The number of thiophene rings is 1. The molecule has 3 unspecified atom stereocenters. The van der Waals surface area contributed by atoms with E-state index in [1.165, 1.54) is 31.2 Å². The molecule has 3 atom stereocenters. The average molecular weight is 294 g/mol. The van der Waals surface area contributed by atoms with Crippen LogP contribution in [0.4, 0.5) is 0 Å². The first-order chi connectivity index (χ1) is 9.46. The van der Waals surface area contributed by atoms with Crippen LogP contribution in [0.3, 0.4) is 0 Å². The van der Waals surface area contributed by atoms with Crippen LogP contribution in [0.2, 0.25) is 0 Å². The molecule has 1 aliphatic carbocycles. The van der Waals surface area contributed by atoms with Crippen molar-refractivity contribution in [3.8, 4) is 0 Å². The fourth-order valence-corrected chi connectivity index (χ4v) is 5.12. The third kappa shape index (κ3) is 3.28. The van der Waals surface area contributed by atoms with Crippen molar-refractivity contribution in [2.45, 2.75) is 71.8 Å². The van der Waals surface area contributed by atoms with Crippen molar-refractivity contribution in [3.05, 3.63) is 21.9 Å². The summed E-state index contributed by atoms with van der Waals surface area (Å²) >= 11 is 1.95. The summed E-state index contributed by atoms with van der Waals surface area (Å²) < 4.78 is 0. The molecule has 1 nitrogen and oxygen atoms in total. The highest BCUT2D eigenvalue weighted by atomic mass is 32.1. The molecule has 114 valence electrons. The normalized spacial score (nSPS) is 27.8. The van der Waals surface area contributed by atoms with Gasteiger partial charge in [-0.2, -0.15) is 0 Å². The zero-order chi connectivity index (χ0) is 14.8. The van der Waals surface area contributed by atoms with Gasteiger partial charge >= 0.3 is 0 Å². The van der Waals surface area contributed by atoms with Crippen LogP contribution >= 0.6 is 11.3 Å². The van der Waals surface area contributed by atoms with Crippen molar-refractivity contribution < 1.29 is 0 Å². The Morgan fingerprint density at radius 3 is 2.70 bits per heavy atom. The Morgan fingerprint density at radius 2 is 2.10 bits per heavy atom. The van der Waals surface area contributed by atoms with E-state index in [0.29, 0.717) is 11.5 Å². The lowest BCUT2D eigenvalue weighted by Gasteiger charge is -2.44. The van der Waals surface area contributed by atoms with E-state index in [0.717, 1.165) is 18.4 Å². The van der Waals surface area contributed by atoms with Crippen molar-refractivity contribution in [2.24, 2.45) is 11.8 Å². The van der Waals surface area contributed by atoms with Gasteiger partial charge in [0.05, 0.1) is 0 Å². The summed E-state index contributed by atoms with van der Waals surface area (Å²) in [5, 5.41) is 6.10. The Morgan fingerprint density at radius 1 is 1.35 bits per heavy atom. The monoisotopic (exact) mass is 293 g/mol. The minimum atomic E-state index is 0.295. The van der Waals surface area contributed by atoms with Gasteiger partial charge in [0, 0.05) is 16.3 Å². The smallest absolute Gasteiger partial charge is 0.0134 e. The first-order valence-corrected chi connectivity index (χ1v) is 9.12. The molecule has 1 saturated carbocycles. The van der Waals surface area contributed by atoms with Gasteiger partial charge in [-0.05, 0) is 61.6 Å². The van der Waals surface area contributed by atoms with Crippen LogP contribution < -0.4 is 5.32 Å². The highest BCUT2D eigenvalue weighted by molar-refractivity contribution is 7.10. The molecule has 1 heterocycles. The van der Waals surface area contributed by atoms with E-state index >= 15 is 0 Å². The Balaban J connectivity index is 2.20. The van der Waals surface area contributed by atoms with E-state index in [4.69, 9.17) is 0 Å². The van der Waals surface area contributed by atoms with Crippen LogP contribution in [-0.2, 0) is 5.41 Å². The minimum Gasteiger partial charge on any atom is -0.314 e. The van der Waals surface area contributed by atoms with E-state index in [1.54, 1.807) is 4.88 Å². The molecule has 1 aromatic heterocycles. The third-order valence-corrected chi connectivity index (χ3v) is 6.50. The van der Waals surface area contributed by atoms with Gasteiger partial charge in [-0.1, -0.05) is 34.1 Å². The molecule has 2 rings (SSSR count). The third-order valence-electron chi connectivity index (χ3n) is 5.14. The Bertz CT molecular complexity index is 421. The van der Waals surface area contributed by atoms with Gasteiger partial charge in [0.2, 0.25) is 0 Å². The van der Waals surface area contributed by atoms with Crippen LogP contribution in [0.5, 0.6) is 0 Å². The minimum absolute atomic E-state index is 0.295. The van der Waals surface area contributed by atoms with Crippen LogP contribution in [0.25, 0.3) is 0 Å². The second-order valence-corrected chi connectivity index (χ2v) is 8.16. The highest BCUT2D eigenvalue weighted by Crippen LogP contribution is 2.45. The fourth-order valence-electron chi connectivity index (χ4n) is 4.00. The van der Waals surface area contributed by atoms with E-state index in [-0.39, 0.29) is 0 Å². The predicted octanol–water partition coefficient (Wildman–Crippen LogP) is 5.14. The standard InChI is InChI=1S/C18H31NS/c1-6-10-19-16-12-13(2)7-8-15(16)18(4,5)17-14(3)9-11-20-17/h9,11,13,15-16,19H,6-8,10,12H2,1-5H3. The van der Waals surface area contributed by atoms with Crippen molar-refractivity contribution in [1.82, 2.24) is 5.32 Å². The summed E-state index contributed by atoms with van der Waals surface area (Å²) in [5.74, 6) is 1.64. The average Bonchev–Trinajstić information content (AvgIpc) is 2.83. The Labute approximate surface area is 129 Å². The maximum atomic E-state index is 3.84. The van der Waals surface area contributed by atoms with E-state index in [1.807, 2.05) is 11.3 Å². The molecule has 0 amide bonds. The highest BCUT2D eigenvalue weighted by Gasteiger charge is 2.40. The van der Waals surface area contributed by atoms with Gasteiger partial charge in [0.1, 0.15) is 0 Å². The SMILES string of the molecule is CCCNC1CC(C)CCC1C(C)(C)c1sccc1C. The lowest BCUT2D eigenvalue weighted by molar-refractivity contribution is 0.147. The van der Waals surface area contributed by atoms with Gasteiger partial charge in [0.15, 0.2) is 0 Å². The van der Waals surface area contributed by atoms with Gasteiger partial charge in [-0.3, -0.25) is 0 Å². The van der Waals surface area contributed by atoms with Crippen molar-refractivity contribution in [2.75, 3.05) is 6.54 Å². The van der Waals surface area contributed by atoms with E-state index in [2.05, 4.69) is 51.4 Å². The second-order valence-electron chi connectivity index (χ2n) is 7.24. The van der Waals surface area contributed by atoms with Gasteiger partial charge in [0.25, 0.3) is 0 Å². The first kappa shape index (κ1) is 16.0. The maximum Gasteiger partial charge on any atom is 0.0134 e. The first-order valence-electron chi connectivity index (χ1n) is 8.24. The molecule has 0 aliphatic heterocycles. The number of hydrogen-bond acceptors (Lipinski definition) is 2. The Kier molecular flexibility index (Phi) is 5.30. The van der Waals surface area contributed by atoms with Crippen LogP contribution in [0.15, 0.2) is 11.4 Å². The summed E-state index contributed by atoms with van der Waals surface area (Å²) in [5.41, 5.74) is 1.77. The summed E-state index contributed by atoms with van der Waals surface area (Å²) in [6.45, 7) is 13.0. The van der Waals surface area contributed by atoms with Crippen molar-refractivity contribution in [1.29, 1.82) is 0 Å². The summed E-state index contributed by atoms with van der Waals surface area (Å²) in [6, 6.07) is 2.97. The van der Waals surface area contributed by atoms with Gasteiger partial charge < -0.3 is 5.32 Å². The zero-order valence-corrected chi connectivity index (χ0v) is 14.6. The number of aryl methyl sites for hydroxylation is 1. The summed E-state index contributed by atoms with van der Waals surface area (Å²) in [7, 11) is 0. The van der Waals surface area contributed by atoms with E-state index in [9.17, 15) is 0 Å². The Hall–Kier alpha value is -0.340.